The summed E-state index contributed by atoms with van der Waals surface area (Å²) >= 11 is 0. The number of hydrogen-bond acceptors (Lipinski definition) is 5. The van der Waals surface area contributed by atoms with Crippen LogP contribution in [0, 0.1) is 6.92 Å². The molecule has 2 aromatic rings. The zero-order valence-corrected chi connectivity index (χ0v) is 14.0. The van der Waals surface area contributed by atoms with Gasteiger partial charge in [-0.2, -0.15) is 9.78 Å². The van der Waals surface area contributed by atoms with Crippen molar-refractivity contribution in [2.24, 2.45) is 0 Å². The quantitative estimate of drug-likeness (QED) is 0.806. The van der Waals surface area contributed by atoms with Crippen LogP contribution in [0.2, 0.25) is 0 Å². The summed E-state index contributed by atoms with van der Waals surface area (Å²) in [7, 11) is 0. The van der Waals surface area contributed by atoms with Crippen LogP contribution in [-0.2, 0) is 4.74 Å². The van der Waals surface area contributed by atoms with E-state index in [1.54, 1.807) is 6.92 Å². The summed E-state index contributed by atoms with van der Waals surface area (Å²) in [6.45, 7) is 5.64. The Bertz CT molecular complexity index is 790. The topological polar surface area (TPSA) is 64.4 Å². The van der Waals surface area contributed by atoms with Crippen molar-refractivity contribution in [3.8, 4) is 5.69 Å². The van der Waals surface area contributed by atoms with E-state index in [1.807, 2.05) is 36.1 Å². The Kier molecular flexibility index (Phi) is 4.64. The highest BCUT2D eigenvalue weighted by Crippen LogP contribution is 2.23. The molecule has 1 aliphatic heterocycles. The molecule has 0 N–H and O–H groups in total. The monoisotopic (exact) mass is 327 g/mol. The Morgan fingerprint density at radius 1 is 1.21 bits per heavy atom. The molecule has 6 nitrogen and oxygen atoms in total. The number of ether oxygens (including phenoxy) is 1. The number of hydrogen-bond donors (Lipinski definition) is 0. The molecule has 0 amide bonds. The molecule has 1 saturated heterocycles. The zero-order chi connectivity index (χ0) is 17.1. The van der Waals surface area contributed by atoms with Crippen molar-refractivity contribution in [3.05, 3.63) is 51.9 Å². The molecule has 0 spiro atoms. The van der Waals surface area contributed by atoms with Crippen molar-refractivity contribution in [1.82, 2.24) is 9.78 Å². The molecule has 6 heteroatoms. The van der Waals surface area contributed by atoms with Crippen LogP contribution in [-0.4, -0.2) is 35.4 Å². The normalized spacial score (nSPS) is 14.0. The first kappa shape index (κ1) is 16.2. The third kappa shape index (κ3) is 3.18. The number of anilines is 1. The Morgan fingerprint density at radius 3 is 2.50 bits per heavy atom. The number of aryl methyl sites for hydroxylation is 1. The maximum atomic E-state index is 12.5. The average Bonchev–Trinajstić information content (AvgIpc) is 3.10. The van der Waals surface area contributed by atoms with Crippen LogP contribution in [0.25, 0.3) is 5.69 Å². The Hall–Kier alpha value is -2.63. The van der Waals surface area contributed by atoms with E-state index in [-0.39, 0.29) is 17.9 Å². The maximum absolute atomic E-state index is 12.5. The Morgan fingerprint density at radius 2 is 1.88 bits per heavy atom. The average molecular weight is 327 g/mol. The number of esters is 1. The summed E-state index contributed by atoms with van der Waals surface area (Å²) in [6, 6.07) is 8.93. The minimum Gasteiger partial charge on any atom is -0.461 e. The standard InChI is InChI=1S/C18H21N3O3/c1-3-24-18(23)17-15(20-10-4-5-11-20)12-16(22)21(19-17)14-8-6-13(2)7-9-14/h6-9,12H,3-5,10-11H2,1-2H3. The zero-order valence-electron chi connectivity index (χ0n) is 14.0. The highest BCUT2D eigenvalue weighted by molar-refractivity contribution is 5.93. The number of carbonyl (C=O) groups excluding carboxylic acids is 1. The van der Waals surface area contributed by atoms with Gasteiger partial charge in [0.1, 0.15) is 0 Å². The molecular weight excluding hydrogens is 306 g/mol. The lowest BCUT2D eigenvalue weighted by atomic mass is 10.2. The number of carbonyl (C=O) groups is 1. The van der Waals surface area contributed by atoms with Crippen molar-refractivity contribution >= 4 is 11.7 Å². The molecule has 0 saturated carbocycles. The van der Waals surface area contributed by atoms with Crippen molar-refractivity contribution < 1.29 is 9.53 Å². The second-order valence-electron chi connectivity index (χ2n) is 5.88. The number of nitrogens with zero attached hydrogens (tertiary/aromatic N) is 3. The largest absolute Gasteiger partial charge is 0.461 e. The van der Waals surface area contributed by atoms with Gasteiger partial charge in [-0.3, -0.25) is 4.79 Å². The Labute approximate surface area is 140 Å². The summed E-state index contributed by atoms with van der Waals surface area (Å²) in [5.41, 5.74) is 2.22. The van der Waals surface area contributed by atoms with Crippen molar-refractivity contribution in [2.75, 3.05) is 24.6 Å². The maximum Gasteiger partial charge on any atom is 0.360 e. The van der Waals surface area contributed by atoms with Crippen LogP contribution < -0.4 is 10.5 Å². The lowest BCUT2D eigenvalue weighted by Crippen LogP contribution is -2.30. The molecule has 0 radical (unpaired) electrons. The van der Waals surface area contributed by atoms with E-state index >= 15 is 0 Å². The van der Waals surface area contributed by atoms with Gasteiger partial charge in [0, 0.05) is 19.2 Å². The van der Waals surface area contributed by atoms with Crippen LogP contribution in [0.5, 0.6) is 0 Å². The van der Waals surface area contributed by atoms with Gasteiger partial charge in [0.25, 0.3) is 5.56 Å². The summed E-state index contributed by atoms with van der Waals surface area (Å²) in [5, 5.41) is 4.32. The van der Waals surface area contributed by atoms with E-state index in [0.717, 1.165) is 31.5 Å². The van der Waals surface area contributed by atoms with Gasteiger partial charge in [0.15, 0.2) is 5.69 Å². The van der Waals surface area contributed by atoms with Crippen LogP contribution in [0.3, 0.4) is 0 Å². The lowest BCUT2D eigenvalue weighted by Gasteiger charge is -2.20. The molecule has 0 unspecified atom stereocenters. The number of rotatable bonds is 4. The molecule has 1 aliphatic rings. The SMILES string of the molecule is CCOC(=O)c1nn(-c2ccc(C)cc2)c(=O)cc1N1CCCC1. The van der Waals surface area contributed by atoms with Gasteiger partial charge in [-0.25, -0.2) is 4.79 Å². The molecule has 0 aliphatic carbocycles. The van der Waals surface area contributed by atoms with E-state index in [9.17, 15) is 9.59 Å². The van der Waals surface area contributed by atoms with Gasteiger partial charge in [0.05, 0.1) is 18.0 Å². The van der Waals surface area contributed by atoms with Gasteiger partial charge in [-0.05, 0) is 38.8 Å². The van der Waals surface area contributed by atoms with E-state index in [4.69, 9.17) is 4.74 Å². The van der Waals surface area contributed by atoms with Gasteiger partial charge in [-0.1, -0.05) is 17.7 Å². The molecule has 1 aromatic heterocycles. The lowest BCUT2D eigenvalue weighted by molar-refractivity contribution is 0.0518. The highest BCUT2D eigenvalue weighted by atomic mass is 16.5. The fourth-order valence-electron chi connectivity index (χ4n) is 2.86. The third-order valence-electron chi connectivity index (χ3n) is 4.11. The smallest absolute Gasteiger partial charge is 0.360 e. The van der Waals surface area contributed by atoms with Crippen molar-refractivity contribution in [1.29, 1.82) is 0 Å². The molecule has 1 fully saturated rings. The molecule has 126 valence electrons. The van der Waals surface area contributed by atoms with Gasteiger partial charge in [-0.15, -0.1) is 0 Å². The first-order chi connectivity index (χ1) is 11.6. The summed E-state index contributed by atoms with van der Waals surface area (Å²) in [4.78, 5) is 26.9. The minimum absolute atomic E-state index is 0.193. The van der Waals surface area contributed by atoms with E-state index in [1.165, 1.54) is 10.7 Å². The minimum atomic E-state index is -0.500. The van der Waals surface area contributed by atoms with E-state index in [0.29, 0.717) is 11.4 Å². The summed E-state index contributed by atoms with van der Waals surface area (Å²) in [6.07, 6.45) is 2.09. The molecule has 2 heterocycles. The van der Waals surface area contributed by atoms with E-state index in [2.05, 4.69) is 5.10 Å². The molecule has 1 aromatic carbocycles. The first-order valence-corrected chi connectivity index (χ1v) is 8.23. The summed E-state index contributed by atoms with van der Waals surface area (Å²) in [5.74, 6) is -0.500. The summed E-state index contributed by atoms with van der Waals surface area (Å²) < 4.78 is 6.39. The fourth-order valence-corrected chi connectivity index (χ4v) is 2.86. The second kappa shape index (κ2) is 6.86. The van der Waals surface area contributed by atoms with Crippen molar-refractivity contribution in [2.45, 2.75) is 26.7 Å². The molecular formula is C18H21N3O3. The van der Waals surface area contributed by atoms with Crippen molar-refractivity contribution in [3.63, 3.8) is 0 Å². The number of benzene rings is 1. The highest BCUT2D eigenvalue weighted by Gasteiger charge is 2.24. The first-order valence-electron chi connectivity index (χ1n) is 8.23. The molecule has 3 rings (SSSR count). The van der Waals surface area contributed by atoms with Crippen LogP contribution in [0.1, 0.15) is 35.8 Å². The molecule has 0 bridgehead atoms. The van der Waals surface area contributed by atoms with Gasteiger partial charge >= 0.3 is 5.97 Å². The fraction of sp³-hybridized carbons (Fsp3) is 0.389. The third-order valence-corrected chi connectivity index (χ3v) is 4.11. The second-order valence-corrected chi connectivity index (χ2v) is 5.88. The number of aromatic nitrogens is 2. The van der Waals surface area contributed by atoms with Crippen LogP contribution in [0.15, 0.2) is 35.1 Å². The van der Waals surface area contributed by atoms with Gasteiger partial charge < -0.3 is 9.64 Å². The van der Waals surface area contributed by atoms with Gasteiger partial charge in [0.2, 0.25) is 0 Å². The molecule has 24 heavy (non-hydrogen) atoms. The van der Waals surface area contributed by atoms with Crippen LogP contribution in [0.4, 0.5) is 5.69 Å². The predicted molar refractivity (Wildman–Crippen MR) is 92.0 cm³/mol. The van der Waals surface area contributed by atoms with E-state index < -0.39 is 5.97 Å². The Balaban J connectivity index is 2.11. The van der Waals surface area contributed by atoms with Crippen LogP contribution >= 0.6 is 0 Å². The molecule has 0 atom stereocenters. The predicted octanol–water partition coefficient (Wildman–Crippen LogP) is 2.32.